The number of sulfonamides is 1. The van der Waals surface area contributed by atoms with E-state index < -0.39 is 16.1 Å². The number of amides is 1. The minimum absolute atomic E-state index is 0.0963. The molecule has 33 heavy (non-hydrogen) atoms. The number of hydrogen-bond donors (Lipinski definition) is 1. The van der Waals surface area contributed by atoms with E-state index in [1.54, 1.807) is 24.3 Å². The number of fused-ring (bicyclic) bond motifs is 1. The highest BCUT2D eigenvalue weighted by molar-refractivity contribution is 7.92. The molecule has 1 heterocycles. The number of para-hydroxylation sites is 2. The van der Waals surface area contributed by atoms with Crippen molar-refractivity contribution in [3.8, 4) is 5.75 Å². The summed E-state index contributed by atoms with van der Waals surface area (Å²) in [7, 11) is -3.92. The van der Waals surface area contributed by atoms with Crippen LogP contribution in [0.25, 0.3) is 0 Å². The van der Waals surface area contributed by atoms with E-state index in [1.165, 1.54) is 34.1 Å². The van der Waals surface area contributed by atoms with E-state index >= 15 is 0 Å². The second kappa shape index (κ2) is 9.85. The predicted molar refractivity (Wildman–Crippen MR) is 129 cm³/mol. The quantitative estimate of drug-likeness (QED) is 0.538. The Hall–Kier alpha value is -3.03. The number of benzene rings is 3. The number of nitrogens with one attached hydrogen (secondary N) is 1. The first-order chi connectivity index (χ1) is 15.8. The molecule has 1 amide bonds. The molecule has 0 bridgehead atoms. The summed E-state index contributed by atoms with van der Waals surface area (Å²) in [5.41, 5.74) is 1.59. The van der Waals surface area contributed by atoms with Crippen LogP contribution in [0, 0.1) is 0 Å². The monoisotopic (exact) mass is 484 g/mol. The minimum Gasteiger partial charge on any atom is -0.476 e. The molecule has 0 spiro atoms. The summed E-state index contributed by atoms with van der Waals surface area (Å²) in [6, 6.07) is 22.7. The summed E-state index contributed by atoms with van der Waals surface area (Å²) in [6.45, 7) is 1.80. The van der Waals surface area contributed by atoms with Crippen molar-refractivity contribution in [3.05, 3.63) is 89.4 Å². The molecule has 0 aliphatic carbocycles. The van der Waals surface area contributed by atoms with Crippen molar-refractivity contribution in [1.82, 2.24) is 5.32 Å². The van der Waals surface area contributed by atoms with E-state index in [-0.39, 0.29) is 23.4 Å². The maximum absolute atomic E-state index is 13.4. The lowest BCUT2D eigenvalue weighted by molar-refractivity contribution is -0.128. The summed E-state index contributed by atoms with van der Waals surface area (Å²) >= 11 is 5.93. The molecule has 4 rings (SSSR count). The lowest BCUT2D eigenvalue weighted by Gasteiger charge is -2.35. The van der Waals surface area contributed by atoms with Gasteiger partial charge in [0.1, 0.15) is 5.75 Å². The molecule has 0 saturated heterocycles. The molecule has 0 unspecified atom stereocenters. The van der Waals surface area contributed by atoms with Gasteiger partial charge in [0.25, 0.3) is 15.9 Å². The first kappa shape index (κ1) is 23.1. The van der Waals surface area contributed by atoms with Crippen LogP contribution in [0.1, 0.15) is 18.9 Å². The molecule has 0 aromatic heterocycles. The summed E-state index contributed by atoms with van der Waals surface area (Å²) in [6.07, 6.45) is 0.612. The van der Waals surface area contributed by atoms with Gasteiger partial charge in [0.15, 0.2) is 6.10 Å². The van der Waals surface area contributed by atoms with E-state index in [4.69, 9.17) is 16.3 Å². The second-order valence-electron chi connectivity index (χ2n) is 8.00. The van der Waals surface area contributed by atoms with Crippen LogP contribution in [-0.4, -0.2) is 33.0 Å². The van der Waals surface area contributed by atoms with Crippen molar-refractivity contribution < 1.29 is 17.9 Å². The van der Waals surface area contributed by atoms with Crippen molar-refractivity contribution in [2.75, 3.05) is 10.8 Å². The zero-order valence-electron chi connectivity index (χ0n) is 18.1. The van der Waals surface area contributed by atoms with Gasteiger partial charge in [-0.25, -0.2) is 8.42 Å². The summed E-state index contributed by atoms with van der Waals surface area (Å²) in [5.74, 6) is -0.000233. The third kappa shape index (κ3) is 5.31. The highest BCUT2D eigenvalue weighted by Gasteiger charge is 2.37. The van der Waals surface area contributed by atoms with Crippen LogP contribution < -0.4 is 14.4 Å². The molecule has 1 aliphatic heterocycles. The normalized spacial score (nSPS) is 16.4. The van der Waals surface area contributed by atoms with Gasteiger partial charge >= 0.3 is 0 Å². The Morgan fingerprint density at radius 3 is 2.45 bits per heavy atom. The van der Waals surface area contributed by atoms with Crippen LogP contribution in [0.2, 0.25) is 5.02 Å². The lowest BCUT2D eigenvalue weighted by atomic mass is 10.1. The molecule has 8 heteroatoms. The Labute approximate surface area is 199 Å². The number of halogens is 1. The lowest BCUT2D eigenvalue weighted by Crippen LogP contribution is -2.52. The van der Waals surface area contributed by atoms with Crippen molar-refractivity contribution in [2.24, 2.45) is 0 Å². The van der Waals surface area contributed by atoms with Crippen molar-refractivity contribution in [2.45, 2.75) is 36.8 Å². The molecule has 0 saturated carbocycles. The zero-order valence-corrected chi connectivity index (χ0v) is 19.7. The van der Waals surface area contributed by atoms with Crippen LogP contribution >= 0.6 is 11.6 Å². The fourth-order valence-corrected chi connectivity index (χ4v) is 5.34. The van der Waals surface area contributed by atoms with E-state index in [1.807, 2.05) is 25.1 Å². The van der Waals surface area contributed by atoms with Crippen molar-refractivity contribution in [1.29, 1.82) is 0 Å². The number of nitrogens with zero attached hydrogens (tertiary/aromatic N) is 1. The van der Waals surface area contributed by atoms with E-state index in [9.17, 15) is 13.2 Å². The summed E-state index contributed by atoms with van der Waals surface area (Å²) in [4.78, 5) is 13.1. The van der Waals surface area contributed by atoms with Gasteiger partial charge in [-0.1, -0.05) is 54.1 Å². The maximum Gasteiger partial charge on any atom is 0.264 e. The highest BCUT2D eigenvalue weighted by Crippen LogP contribution is 2.37. The molecule has 1 N–H and O–H groups in total. The molecule has 6 nitrogen and oxygen atoms in total. The molecular weight excluding hydrogens is 460 g/mol. The van der Waals surface area contributed by atoms with Crippen molar-refractivity contribution in [3.63, 3.8) is 0 Å². The smallest absolute Gasteiger partial charge is 0.264 e. The highest BCUT2D eigenvalue weighted by atomic mass is 35.5. The molecule has 172 valence electrons. The van der Waals surface area contributed by atoms with Gasteiger partial charge in [-0.05, 0) is 61.7 Å². The Balaban J connectivity index is 1.51. The molecule has 0 fully saturated rings. The predicted octanol–water partition coefficient (Wildman–Crippen LogP) is 4.43. The Bertz CT molecular complexity index is 1220. The molecule has 1 aliphatic rings. The number of anilines is 1. The van der Waals surface area contributed by atoms with E-state index in [2.05, 4.69) is 17.4 Å². The fourth-order valence-electron chi connectivity index (χ4n) is 3.74. The Kier molecular flexibility index (Phi) is 6.91. The summed E-state index contributed by atoms with van der Waals surface area (Å²) < 4.78 is 33.9. The van der Waals surface area contributed by atoms with Crippen molar-refractivity contribution >= 4 is 33.2 Å². The second-order valence-corrected chi connectivity index (χ2v) is 10.3. The average molecular weight is 485 g/mol. The number of rotatable bonds is 7. The Morgan fingerprint density at radius 1 is 1.06 bits per heavy atom. The molecular formula is C25H25ClN2O4S. The van der Waals surface area contributed by atoms with Crippen LogP contribution in [0.3, 0.4) is 0 Å². The molecule has 3 aromatic carbocycles. The number of ether oxygens (including phenoxy) is 1. The van der Waals surface area contributed by atoms with Gasteiger partial charge in [0.05, 0.1) is 17.1 Å². The number of carbonyl (C=O) groups is 1. The Morgan fingerprint density at radius 2 is 1.73 bits per heavy atom. The third-order valence-electron chi connectivity index (χ3n) is 5.53. The van der Waals surface area contributed by atoms with Crippen LogP contribution in [0.4, 0.5) is 5.69 Å². The number of aryl methyl sites for hydroxylation is 1. The molecule has 3 aromatic rings. The number of hydrogen-bond acceptors (Lipinski definition) is 4. The largest absolute Gasteiger partial charge is 0.476 e. The van der Waals surface area contributed by atoms with Gasteiger partial charge < -0.3 is 10.1 Å². The fraction of sp³-hybridized carbons (Fsp3) is 0.240. The van der Waals surface area contributed by atoms with E-state index in [0.717, 1.165) is 12.8 Å². The molecule has 2 atom stereocenters. The first-order valence-corrected chi connectivity index (χ1v) is 12.5. The van der Waals surface area contributed by atoms with Crippen LogP contribution in [0.5, 0.6) is 5.75 Å². The topological polar surface area (TPSA) is 75.7 Å². The van der Waals surface area contributed by atoms with E-state index in [0.29, 0.717) is 16.5 Å². The van der Waals surface area contributed by atoms with Gasteiger partial charge in [0, 0.05) is 11.1 Å². The maximum atomic E-state index is 13.4. The minimum atomic E-state index is -3.92. The van der Waals surface area contributed by atoms with Crippen LogP contribution in [0.15, 0.2) is 83.8 Å². The third-order valence-corrected chi connectivity index (χ3v) is 7.57. The van der Waals surface area contributed by atoms with Gasteiger partial charge in [-0.2, -0.15) is 0 Å². The van der Waals surface area contributed by atoms with Gasteiger partial charge in [-0.3, -0.25) is 9.10 Å². The van der Waals surface area contributed by atoms with Crippen LogP contribution in [-0.2, 0) is 21.2 Å². The zero-order chi connectivity index (χ0) is 23.4. The molecule has 0 radical (unpaired) electrons. The van der Waals surface area contributed by atoms with Gasteiger partial charge in [-0.15, -0.1) is 0 Å². The number of carbonyl (C=O) groups excluding carboxylic acids is 1. The first-order valence-electron chi connectivity index (χ1n) is 10.7. The summed E-state index contributed by atoms with van der Waals surface area (Å²) in [5, 5.41) is 3.41. The average Bonchev–Trinajstić information content (AvgIpc) is 2.83. The SMILES string of the molecule is C[C@@H](CCc1ccccc1)NC(=O)[C@@H]1CN(S(=O)(=O)c2ccc(Cl)cc2)c2ccccc2O1. The van der Waals surface area contributed by atoms with Gasteiger partial charge in [0.2, 0.25) is 0 Å². The standard InChI is InChI=1S/C25H25ClN2O4S/c1-18(11-12-19-7-3-2-4-8-19)27-25(29)24-17-28(22-9-5-6-10-23(22)32-24)33(30,31)21-15-13-20(26)14-16-21/h2-10,13-16,18,24H,11-12,17H2,1H3,(H,27,29)/t18-,24-/m0/s1.